The molecular formula is C12H22N4O. The van der Waals surface area contributed by atoms with Gasteiger partial charge in [0.2, 0.25) is 0 Å². The molecule has 1 rings (SSSR count). The predicted octanol–water partition coefficient (Wildman–Crippen LogP) is 1.71. The van der Waals surface area contributed by atoms with Crippen LogP contribution in [0.25, 0.3) is 0 Å². The highest BCUT2D eigenvalue weighted by Gasteiger charge is 2.20. The number of nitrogens with zero attached hydrogens (tertiary/aromatic N) is 2. The van der Waals surface area contributed by atoms with Crippen molar-refractivity contribution in [3.05, 3.63) is 11.4 Å². The first kappa shape index (κ1) is 13.5. The lowest BCUT2D eigenvalue weighted by atomic mass is 10.1. The average molecular weight is 238 g/mol. The molecule has 3 N–H and O–H groups in total. The molecule has 0 aliphatic rings. The minimum atomic E-state index is -0.126. The molecule has 0 unspecified atom stereocenters. The van der Waals surface area contributed by atoms with Crippen molar-refractivity contribution in [2.24, 2.45) is 0 Å². The highest BCUT2D eigenvalue weighted by Crippen LogP contribution is 2.16. The summed E-state index contributed by atoms with van der Waals surface area (Å²) in [6, 6.07) is 0.197. The van der Waals surface area contributed by atoms with Crippen LogP contribution in [0.1, 0.15) is 49.8 Å². The lowest BCUT2D eigenvalue weighted by Crippen LogP contribution is -2.35. The Morgan fingerprint density at radius 1 is 1.41 bits per heavy atom. The summed E-state index contributed by atoms with van der Waals surface area (Å²) in [7, 11) is 0. The van der Waals surface area contributed by atoms with Gasteiger partial charge in [-0.15, -0.1) is 0 Å². The van der Waals surface area contributed by atoms with Crippen LogP contribution in [0.4, 0.5) is 5.69 Å². The normalized spacial score (nSPS) is 10.9. The Hall–Kier alpha value is -1.52. The molecular weight excluding hydrogens is 216 g/mol. The fourth-order valence-electron chi connectivity index (χ4n) is 1.81. The van der Waals surface area contributed by atoms with Gasteiger partial charge in [0.15, 0.2) is 0 Å². The maximum atomic E-state index is 12.1. The summed E-state index contributed by atoms with van der Waals surface area (Å²) >= 11 is 0. The Morgan fingerprint density at radius 2 is 2.00 bits per heavy atom. The van der Waals surface area contributed by atoms with Crippen molar-refractivity contribution in [2.75, 3.05) is 5.73 Å². The number of hydrogen-bond acceptors (Lipinski definition) is 3. The zero-order chi connectivity index (χ0) is 13.0. The lowest BCUT2D eigenvalue weighted by Gasteiger charge is -2.15. The summed E-state index contributed by atoms with van der Waals surface area (Å²) < 4.78 is 1.66. The van der Waals surface area contributed by atoms with Gasteiger partial charge in [-0.05, 0) is 26.7 Å². The Morgan fingerprint density at radius 3 is 2.47 bits per heavy atom. The molecule has 96 valence electrons. The molecule has 0 aliphatic carbocycles. The molecule has 1 heterocycles. The number of amides is 1. The third-order valence-corrected chi connectivity index (χ3v) is 3.01. The van der Waals surface area contributed by atoms with Crippen molar-refractivity contribution in [3.8, 4) is 0 Å². The van der Waals surface area contributed by atoms with Gasteiger partial charge >= 0.3 is 0 Å². The fraction of sp³-hybridized carbons (Fsp3) is 0.667. The van der Waals surface area contributed by atoms with E-state index in [0.717, 1.165) is 12.8 Å². The number of aryl methyl sites for hydroxylation is 2. The summed E-state index contributed by atoms with van der Waals surface area (Å²) in [6.45, 7) is 8.51. The number of nitrogens with one attached hydrogen (secondary N) is 1. The standard InChI is InChI=1S/C12H22N4O/c1-5-9(6-2)14-12(17)11-10(13)8(4)15-16(11)7-3/h9H,5-7,13H2,1-4H3,(H,14,17). The number of carbonyl (C=O) groups excluding carboxylic acids is 1. The Balaban J connectivity index is 2.95. The maximum Gasteiger partial charge on any atom is 0.271 e. The van der Waals surface area contributed by atoms with Crippen LogP contribution in [0.5, 0.6) is 0 Å². The highest BCUT2D eigenvalue weighted by atomic mass is 16.2. The van der Waals surface area contributed by atoms with Gasteiger partial charge in [-0.3, -0.25) is 9.48 Å². The molecule has 0 radical (unpaired) electrons. The van der Waals surface area contributed by atoms with Crippen LogP contribution in [-0.2, 0) is 6.54 Å². The zero-order valence-corrected chi connectivity index (χ0v) is 11.1. The van der Waals surface area contributed by atoms with E-state index in [1.165, 1.54) is 0 Å². The largest absolute Gasteiger partial charge is 0.395 e. The highest BCUT2D eigenvalue weighted by molar-refractivity contribution is 5.98. The first-order chi connectivity index (χ1) is 8.04. The Kier molecular flexibility index (Phi) is 4.54. The van der Waals surface area contributed by atoms with E-state index in [-0.39, 0.29) is 11.9 Å². The van der Waals surface area contributed by atoms with Crippen LogP contribution in [0, 0.1) is 6.92 Å². The van der Waals surface area contributed by atoms with E-state index >= 15 is 0 Å². The Labute approximate surface area is 102 Å². The quantitative estimate of drug-likeness (QED) is 0.820. The van der Waals surface area contributed by atoms with Gasteiger partial charge in [-0.25, -0.2) is 0 Å². The van der Waals surface area contributed by atoms with Crippen molar-refractivity contribution in [1.29, 1.82) is 0 Å². The zero-order valence-electron chi connectivity index (χ0n) is 11.1. The van der Waals surface area contributed by atoms with Crippen LogP contribution in [0.15, 0.2) is 0 Å². The minimum Gasteiger partial charge on any atom is -0.395 e. The predicted molar refractivity (Wildman–Crippen MR) is 68.9 cm³/mol. The maximum absolute atomic E-state index is 12.1. The molecule has 0 aliphatic heterocycles. The van der Waals surface area contributed by atoms with Crippen LogP contribution < -0.4 is 11.1 Å². The molecule has 5 heteroatoms. The lowest BCUT2D eigenvalue weighted by molar-refractivity contribution is 0.0925. The molecule has 1 aromatic heterocycles. The molecule has 0 atom stereocenters. The monoisotopic (exact) mass is 238 g/mol. The molecule has 17 heavy (non-hydrogen) atoms. The molecule has 1 aromatic rings. The number of nitrogens with two attached hydrogens (primary N) is 1. The summed E-state index contributed by atoms with van der Waals surface area (Å²) in [5, 5.41) is 7.22. The van der Waals surface area contributed by atoms with E-state index in [9.17, 15) is 4.79 Å². The van der Waals surface area contributed by atoms with Gasteiger partial charge in [0.05, 0.1) is 11.4 Å². The molecule has 5 nitrogen and oxygen atoms in total. The molecule has 0 aromatic carbocycles. The van der Waals surface area contributed by atoms with Crippen LogP contribution in [0.2, 0.25) is 0 Å². The number of nitrogen functional groups attached to an aromatic ring is 1. The average Bonchev–Trinajstić information content (AvgIpc) is 2.62. The van der Waals surface area contributed by atoms with Gasteiger partial charge in [-0.1, -0.05) is 13.8 Å². The summed E-state index contributed by atoms with van der Waals surface area (Å²) in [4.78, 5) is 12.1. The van der Waals surface area contributed by atoms with Crippen molar-refractivity contribution in [1.82, 2.24) is 15.1 Å². The molecule has 0 saturated carbocycles. The fourth-order valence-corrected chi connectivity index (χ4v) is 1.81. The minimum absolute atomic E-state index is 0.126. The van der Waals surface area contributed by atoms with Crippen LogP contribution in [0.3, 0.4) is 0 Å². The third kappa shape index (κ3) is 2.78. The van der Waals surface area contributed by atoms with Crippen molar-refractivity contribution in [2.45, 2.75) is 53.1 Å². The van der Waals surface area contributed by atoms with E-state index in [1.54, 1.807) is 4.68 Å². The van der Waals surface area contributed by atoms with Gasteiger partial charge in [0, 0.05) is 12.6 Å². The number of rotatable bonds is 5. The van der Waals surface area contributed by atoms with Gasteiger partial charge in [-0.2, -0.15) is 5.10 Å². The summed E-state index contributed by atoms with van der Waals surface area (Å²) in [5.41, 5.74) is 7.57. The smallest absolute Gasteiger partial charge is 0.271 e. The topological polar surface area (TPSA) is 72.9 Å². The van der Waals surface area contributed by atoms with E-state index in [2.05, 4.69) is 24.3 Å². The number of hydrogen-bond donors (Lipinski definition) is 2. The summed E-state index contributed by atoms with van der Waals surface area (Å²) in [5.74, 6) is -0.126. The first-order valence-corrected chi connectivity index (χ1v) is 6.18. The second-order valence-electron chi connectivity index (χ2n) is 4.15. The van der Waals surface area contributed by atoms with E-state index in [0.29, 0.717) is 23.6 Å². The molecule has 0 spiro atoms. The number of anilines is 1. The van der Waals surface area contributed by atoms with E-state index in [4.69, 9.17) is 5.73 Å². The second-order valence-corrected chi connectivity index (χ2v) is 4.15. The first-order valence-electron chi connectivity index (χ1n) is 6.18. The summed E-state index contributed by atoms with van der Waals surface area (Å²) in [6.07, 6.45) is 1.84. The van der Waals surface area contributed by atoms with Crippen molar-refractivity contribution in [3.63, 3.8) is 0 Å². The van der Waals surface area contributed by atoms with Crippen molar-refractivity contribution < 1.29 is 4.79 Å². The third-order valence-electron chi connectivity index (χ3n) is 3.01. The second kappa shape index (κ2) is 5.70. The van der Waals surface area contributed by atoms with Gasteiger partial charge in [0.1, 0.15) is 5.69 Å². The molecule has 1 amide bonds. The molecule has 0 saturated heterocycles. The van der Waals surface area contributed by atoms with Crippen LogP contribution >= 0.6 is 0 Å². The number of aromatic nitrogens is 2. The van der Waals surface area contributed by atoms with Gasteiger partial charge < -0.3 is 11.1 Å². The van der Waals surface area contributed by atoms with E-state index in [1.807, 2.05) is 13.8 Å². The molecule has 0 fully saturated rings. The van der Waals surface area contributed by atoms with Crippen molar-refractivity contribution >= 4 is 11.6 Å². The van der Waals surface area contributed by atoms with Crippen LogP contribution in [-0.4, -0.2) is 21.7 Å². The Bertz CT molecular complexity index is 393. The SMILES string of the molecule is CCC(CC)NC(=O)c1c(N)c(C)nn1CC. The van der Waals surface area contributed by atoms with Gasteiger partial charge in [0.25, 0.3) is 5.91 Å². The van der Waals surface area contributed by atoms with E-state index < -0.39 is 0 Å². The molecule has 0 bridgehead atoms. The number of carbonyl (C=O) groups is 1.